The summed E-state index contributed by atoms with van der Waals surface area (Å²) >= 11 is 0. The molecule has 0 bridgehead atoms. The molecule has 1 amide bonds. The van der Waals surface area contributed by atoms with Crippen molar-refractivity contribution in [3.05, 3.63) is 54.1 Å². The second-order valence-electron chi connectivity index (χ2n) is 4.94. The average molecular weight is 313 g/mol. The first-order valence-electron chi connectivity index (χ1n) is 7.42. The van der Waals surface area contributed by atoms with Gasteiger partial charge in [0.1, 0.15) is 17.1 Å². The quantitative estimate of drug-likeness (QED) is 0.653. The summed E-state index contributed by atoms with van der Waals surface area (Å²) in [5, 5.41) is 2.65. The number of nitrogens with one attached hydrogen (secondary N) is 1. The van der Waals surface area contributed by atoms with Crippen LogP contribution in [0.4, 0.5) is 5.69 Å². The van der Waals surface area contributed by atoms with Gasteiger partial charge in [-0.05, 0) is 42.8 Å². The fraction of sp³-hybridized carbons (Fsp3) is 0.222. The Bertz CT molecular complexity index is 680. The van der Waals surface area contributed by atoms with E-state index in [0.717, 1.165) is 6.42 Å². The van der Waals surface area contributed by atoms with Crippen molar-refractivity contribution < 1.29 is 19.1 Å². The van der Waals surface area contributed by atoms with Gasteiger partial charge in [-0.15, -0.1) is 0 Å². The highest BCUT2D eigenvalue weighted by Crippen LogP contribution is 2.22. The first-order chi connectivity index (χ1) is 11.1. The third kappa shape index (κ3) is 4.85. The van der Waals surface area contributed by atoms with Gasteiger partial charge in [0.2, 0.25) is 5.91 Å². The molecule has 5 nitrogen and oxygen atoms in total. The van der Waals surface area contributed by atoms with Crippen LogP contribution in [0.3, 0.4) is 0 Å². The van der Waals surface area contributed by atoms with E-state index in [9.17, 15) is 9.59 Å². The van der Waals surface area contributed by atoms with Gasteiger partial charge >= 0.3 is 5.97 Å². The molecule has 0 aliphatic heterocycles. The Morgan fingerprint density at radius 1 is 1.04 bits per heavy atom. The van der Waals surface area contributed by atoms with Gasteiger partial charge in [-0.2, -0.15) is 0 Å². The highest BCUT2D eigenvalue weighted by atomic mass is 16.5. The molecule has 23 heavy (non-hydrogen) atoms. The lowest BCUT2D eigenvalue weighted by atomic mass is 10.2. The van der Waals surface area contributed by atoms with Gasteiger partial charge in [0, 0.05) is 12.6 Å². The number of benzene rings is 2. The third-order valence-electron chi connectivity index (χ3n) is 2.95. The minimum atomic E-state index is -0.482. The number of rotatable bonds is 6. The smallest absolute Gasteiger partial charge is 0.347 e. The summed E-state index contributed by atoms with van der Waals surface area (Å²) in [6, 6.07) is 13.6. The molecule has 0 saturated heterocycles. The Balaban J connectivity index is 2.08. The van der Waals surface area contributed by atoms with E-state index < -0.39 is 5.97 Å². The second kappa shape index (κ2) is 7.98. The maximum absolute atomic E-state index is 12.3. The van der Waals surface area contributed by atoms with Crippen molar-refractivity contribution in [2.24, 2.45) is 0 Å². The lowest BCUT2D eigenvalue weighted by Gasteiger charge is -2.10. The van der Waals surface area contributed by atoms with E-state index in [-0.39, 0.29) is 5.91 Å². The number of carbonyl (C=O) groups excluding carboxylic acids is 2. The van der Waals surface area contributed by atoms with Gasteiger partial charge in [-0.25, -0.2) is 4.79 Å². The fourth-order valence-electron chi connectivity index (χ4n) is 1.94. The molecule has 0 saturated carbocycles. The SMILES string of the molecule is CCCOc1ccccc1C(=O)Oc1ccc(NC(C)=O)cc1. The zero-order chi connectivity index (χ0) is 16.7. The third-order valence-corrected chi connectivity index (χ3v) is 2.95. The van der Waals surface area contributed by atoms with Crippen LogP contribution in [0.2, 0.25) is 0 Å². The van der Waals surface area contributed by atoms with Crippen LogP contribution in [0.15, 0.2) is 48.5 Å². The average Bonchev–Trinajstić information content (AvgIpc) is 2.54. The molecule has 0 radical (unpaired) electrons. The van der Waals surface area contributed by atoms with Crippen LogP contribution < -0.4 is 14.8 Å². The predicted octanol–water partition coefficient (Wildman–Crippen LogP) is 3.65. The number of anilines is 1. The first-order valence-corrected chi connectivity index (χ1v) is 7.42. The van der Waals surface area contributed by atoms with Crippen molar-refractivity contribution in [2.75, 3.05) is 11.9 Å². The van der Waals surface area contributed by atoms with Gasteiger partial charge in [-0.1, -0.05) is 19.1 Å². The molecular formula is C18H19NO4. The van der Waals surface area contributed by atoms with Gasteiger partial charge in [0.15, 0.2) is 0 Å². The summed E-state index contributed by atoms with van der Waals surface area (Å²) in [5.41, 5.74) is 1.02. The van der Waals surface area contributed by atoms with Crippen LogP contribution in [0, 0.1) is 0 Å². The predicted molar refractivity (Wildman–Crippen MR) is 87.9 cm³/mol. The van der Waals surface area contributed by atoms with Crippen LogP contribution in [0.5, 0.6) is 11.5 Å². The number of esters is 1. The summed E-state index contributed by atoms with van der Waals surface area (Å²) < 4.78 is 10.9. The highest BCUT2D eigenvalue weighted by molar-refractivity contribution is 5.94. The molecule has 0 unspecified atom stereocenters. The fourth-order valence-corrected chi connectivity index (χ4v) is 1.94. The van der Waals surface area contributed by atoms with E-state index in [0.29, 0.717) is 29.4 Å². The molecule has 1 N–H and O–H groups in total. The lowest BCUT2D eigenvalue weighted by Crippen LogP contribution is -2.11. The Labute approximate surface area is 135 Å². The molecule has 0 aliphatic carbocycles. The van der Waals surface area contributed by atoms with Crippen LogP contribution in [0.1, 0.15) is 30.6 Å². The van der Waals surface area contributed by atoms with Crippen molar-refractivity contribution >= 4 is 17.6 Å². The maximum Gasteiger partial charge on any atom is 0.347 e. The van der Waals surface area contributed by atoms with Crippen molar-refractivity contribution in [2.45, 2.75) is 20.3 Å². The van der Waals surface area contributed by atoms with E-state index in [1.165, 1.54) is 6.92 Å². The molecule has 0 fully saturated rings. The zero-order valence-corrected chi connectivity index (χ0v) is 13.2. The Kier molecular flexibility index (Phi) is 5.74. The molecule has 5 heteroatoms. The van der Waals surface area contributed by atoms with Crippen molar-refractivity contribution in [3.8, 4) is 11.5 Å². The van der Waals surface area contributed by atoms with E-state index in [1.54, 1.807) is 42.5 Å². The number of ether oxygens (including phenoxy) is 2. The summed E-state index contributed by atoms with van der Waals surface area (Å²) in [6.07, 6.45) is 0.855. The van der Waals surface area contributed by atoms with Gasteiger partial charge in [0.25, 0.3) is 0 Å². The molecule has 2 aromatic rings. The molecule has 120 valence electrons. The highest BCUT2D eigenvalue weighted by Gasteiger charge is 2.14. The largest absolute Gasteiger partial charge is 0.493 e. The Morgan fingerprint density at radius 3 is 2.39 bits per heavy atom. The molecule has 2 rings (SSSR count). The minimum Gasteiger partial charge on any atom is -0.493 e. The van der Waals surface area contributed by atoms with E-state index >= 15 is 0 Å². The molecule has 0 atom stereocenters. The number of carbonyl (C=O) groups is 2. The monoisotopic (exact) mass is 313 g/mol. The molecule has 0 heterocycles. The number of para-hydroxylation sites is 1. The van der Waals surface area contributed by atoms with Gasteiger partial charge in [0.05, 0.1) is 6.61 Å². The normalized spacial score (nSPS) is 10.0. The first kappa shape index (κ1) is 16.5. The molecule has 0 spiro atoms. The van der Waals surface area contributed by atoms with Gasteiger partial charge < -0.3 is 14.8 Å². The molecule has 2 aromatic carbocycles. The Hall–Kier alpha value is -2.82. The Morgan fingerprint density at radius 2 is 1.74 bits per heavy atom. The van der Waals surface area contributed by atoms with Crippen LogP contribution in [-0.4, -0.2) is 18.5 Å². The van der Waals surface area contributed by atoms with Crippen LogP contribution >= 0.6 is 0 Å². The van der Waals surface area contributed by atoms with Crippen molar-refractivity contribution in [1.29, 1.82) is 0 Å². The standard InChI is InChI=1S/C18H19NO4/c1-3-12-22-17-7-5-4-6-16(17)18(21)23-15-10-8-14(9-11-15)19-13(2)20/h4-11H,3,12H2,1-2H3,(H,19,20). The van der Waals surface area contributed by atoms with E-state index in [1.807, 2.05) is 13.0 Å². The second-order valence-corrected chi connectivity index (χ2v) is 4.94. The van der Waals surface area contributed by atoms with Crippen LogP contribution in [0.25, 0.3) is 0 Å². The minimum absolute atomic E-state index is 0.156. The zero-order valence-electron chi connectivity index (χ0n) is 13.2. The summed E-state index contributed by atoms with van der Waals surface area (Å²) in [7, 11) is 0. The number of hydrogen-bond donors (Lipinski definition) is 1. The van der Waals surface area contributed by atoms with E-state index in [4.69, 9.17) is 9.47 Å². The summed E-state index contributed by atoms with van der Waals surface area (Å²) in [6.45, 7) is 3.97. The van der Waals surface area contributed by atoms with Crippen molar-refractivity contribution in [3.63, 3.8) is 0 Å². The number of hydrogen-bond acceptors (Lipinski definition) is 4. The van der Waals surface area contributed by atoms with Crippen molar-refractivity contribution in [1.82, 2.24) is 0 Å². The summed E-state index contributed by atoms with van der Waals surface area (Å²) in [4.78, 5) is 23.3. The van der Waals surface area contributed by atoms with Gasteiger partial charge in [-0.3, -0.25) is 4.79 Å². The summed E-state index contributed by atoms with van der Waals surface area (Å²) in [5.74, 6) is 0.268. The molecule has 0 aromatic heterocycles. The lowest BCUT2D eigenvalue weighted by molar-refractivity contribution is -0.114. The maximum atomic E-state index is 12.3. The molecular weight excluding hydrogens is 294 g/mol. The van der Waals surface area contributed by atoms with E-state index in [2.05, 4.69) is 5.32 Å². The molecule has 0 aliphatic rings. The topological polar surface area (TPSA) is 64.6 Å². The van der Waals surface area contributed by atoms with Crippen LogP contribution in [-0.2, 0) is 4.79 Å². The number of amides is 1.